The zero-order valence-corrected chi connectivity index (χ0v) is 14.9. The van der Waals surface area contributed by atoms with Gasteiger partial charge in [-0.25, -0.2) is 0 Å². The van der Waals surface area contributed by atoms with Crippen molar-refractivity contribution in [3.05, 3.63) is 35.4 Å². The van der Waals surface area contributed by atoms with Gasteiger partial charge in [0, 0.05) is 43.2 Å². The van der Waals surface area contributed by atoms with Crippen LogP contribution in [0.2, 0.25) is 0 Å². The quantitative estimate of drug-likeness (QED) is 0.910. The topological polar surface area (TPSA) is 66.6 Å². The molecule has 0 spiro atoms. The molecule has 1 heterocycles. The van der Waals surface area contributed by atoms with Crippen molar-refractivity contribution in [2.24, 2.45) is 11.7 Å². The van der Waals surface area contributed by atoms with E-state index in [1.165, 1.54) is 19.3 Å². The fourth-order valence-electron chi connectivity index (χ4n) is 4.34. The Morgan fingerprint density at radius 2 is 1.84 bits per heavy atom. The van der Waals surface area contributed by atoms with Crippen molar-refractivity contribution < 1.29 is 9.59 Å². The third-order valence-electron chi connectivity index (χ3n) is 6.26. The fourth-order valence-corrected chi connectivity index (χ4v) is 4.34. The smallest absolute Gasteiger partial charge is 0.248 e. The van der Waals surface area contributed by atoms with Crippen molar-refractivity contribution >= 4 is 11.8 Å². The normalized spacial score (nSPS) is 30.0. The molecule has 3 aliphatic rings. The molecule has 5 heteroatoms. The zero-order valence-electron chi connectivity index (χ0n) is 14.9. The van der Waals surface area contributed by atoms with E-state index in [4.69, 9.17) is 5.73 Å². The van der Waals surface area contributed by atoms with Crippen molar-refractivity contribution in [3.63, 3.8) is 0 Å². The molecule has 3 fully saturated rings. The van der Waals surface area contributed by atoms with Crippen molar-refractivity contribution in [3.8, 4) is 0 Å². The second kappa shape index (κ2) is 6.45. The van der Waals surface area contributed by atoms with E-state index in [1.54, 1.807) is 12.1 Å². The minimum Gasteiger partial charge on any atom is -0.366 e. The highest BCUT2D eigenvalue weighted by molar-refractivity contribution is 5.92. The maximum Gasteiger partial charge on any atom is 0.248 e. The van der Waals surface area contributed by atoms with E-state index in [-0.39, 0.29) is 5.92 Å². The van der Waals surface area contributed by atoms with Crippen LogP contribution >= 0.6 is 0 Å². The molecule has 2 N–H and O–H groups in total. The van der Waals surface area contributed by atoms with Crippen molar-refractivity contribution in [2.75, 3.05) is 19.6 Å². The van der Waals surface area contributed by atoms with Crippen LogP contribution in [0, 0.1) is 5.92 Å². The second-order valence-corrected chi connectivity index (χ2v) is 7.90. The number of carbonyl (C=O) groups excluding carboxylic acids is 2. The van der Waals surface area contributed by atoms with E-state index in [9.17, 15) is 9.59 Å². The summed E-state index contributed by atoms with van der Waals surface area (Å²) in [6.45, 7) is 5.08. The summed E-state index contributed by atoms with van der Waals surface area (Å²) in [5.74, 6) is 0.307. The van der Waals surface area contributed by atoms with E-state index < -0.39 is 5.91 Å². The molecule has 0 radical (unpaired) electrons. The lowest BCUT2D eigenvalue weighted by Crippen LogP contribution is -2.58. The zero-order chi connectivity index (χ0) is 17.6. The third-order valence-corrected chi connectivity index (χ3v) is 6.26. The summed E-state index contributed by atoms with van der Waals surface area (Å²) in [4.78, 5) is 28.8. The van der Waals surface area contributed by atoms with Gasteiger partial charge in [-0.3, -0.25) is 14.5 Å². The number of benzene rings is 1. The number of amides is 2. The van der Waals surface area contributed by atoms with E-state index in [1.807, 2.05) is 12.1 Å². The number of hydrogen-bond donors (Lipinski definition) is 1. The van der Waals surface area contributed by atoms with Crippen LogP contribution in [0.15, 0.2) is 24.3 Å². The second-order valence-electron chi connectivity index (χ2n) is 7.90. The average Bonchev–Trinajstić information content (AvgIpc) is 3.33. The van der Waals surface area contributed by atoms with Gasteiger partial charge in [-0.05, 0) is 49.8 Å². The Kier molecular flexibility index (Phi) is 4.28. The van der Waals surface area contributed by atoms with Crippen LogP contribution in [0.1, 0.15) is 54.4 Å². The summed E-state index contributed by atoms with van der Waals surface area (Å²) in [5, 5.41) is 0. The van der Waals surface area contributed by atoms with Crippen LogP contribution in [-0.2, 0) is 4.79 Å². The van der Waals surface area contributed by atoms with Crippen LogP contribution in [0.5, 0.6) is 0 Å². The first-order valence-corrected chi connectivity index (χ1v) is 9.49. The van der Waals surface area contributed by atoms with Gasteiger partial charge in [0.15, 0.2) is 0 Å². The van der Waals surface area contributed by atoms with Gasteiger partial charge in [-0.15, -0.1) is 0 Å². The summed E-state index contributed by atoms with van der Waals surface area (Å²) < 4.78 is 0. The van der Waals surface area contributed by atoms with Gasteiger partial charge in [0.25, 0.3) is 0 Å². The minimum atomic E-state index is -0.409. The Hall–Kier alpha value is -1.88. The molecule has 2 amide bonds. The van der Waals surface area contributed by atoms with Crippen LogP contribution in [0.4, 0.5) is 0 Å². The van der Waals surface area contributed by atoms with Crippen molar-refractivity contribution in [1.82, 2.24) is 9.80 Å². The van der Waals surface area contributed by atoms with Crippen molar-refractivity contribution in [1.29, 1.82) is 0 Å². The van der Waals surface area contributed by atoms with Gasteiger partial charge in [-0.1, -0.05) is 18.6 Å². The Bertz CT molecular complexity index is 668. The Morgan fingerprint density at radius 3 is 2.40 bits per heavy atom. The molecular weight excluding hydrogens is 314 g/mol. The van der Waals surface area contributed by atoms with Crippen LogP contribution < -0.4 is 5.73 Å². The molecule has 2 aliphatic carbocycles. The SMILES string of the molecule is CC1CN(C2CCC2)CCN1C(=O)[C@H]1C[C@@H]1c1ccc(C(N)=O)cc1. The van der Waals surface area contributed by atoms with Gasteiger partial charge in [-0.2, -0.15) is 0 Å². The molecule has 4 rings (SSSR count). The lowest BCUT2D eigenvalue weighted by atomic mass is 9.90. The standard InChI is InChI=1S/C20H27N3O2/c1-13-12-22(16-3-2-4-16)9-10-23(13)20(25)18-11-17(18)14-5-7-15(8-6-14)19(21)24/h5-8,13,16-18H,2-4,9-12H2,1H3,(H2,21,24)/t13?,17-,18+/m1/s1. The average molecular weight is 341 g/mol. The largest absolute Gasteiger partial charge is 0.366 e. The lowest BCUT2D eigenvalue weighted by molar-refractivity contribution is -0.138. The number of hydrogen-bond acceptors (Lipinski definition) is 3. The van der Waals surface area contributed by atoms with Crippen LogP contribution in [0.25, 0.3) is 0 Å². The molecule has 0 aromatic heterocycles. The fraction of sp³-hybridized carbons (Fsp3) is 0.600. The molecule has 1 unspecified atom stereocenters. The molecule has 1 saturated heterocycles. The number of nitrogens with two attached hydrogens (primary N) is 1. The van der Waals surface area contributed by atoms with Crippen LogP contribution in [-0.4, -0.2) is 53.3 Å². The Morgan fingerprint density at radius 1 is 1.12 bits per heavy atom. The molecule has 1 aliphatic heterocycles. The van der Waals surface area contributed by atoms with Gasteiger partial charge < -0.3 is 10.6 Å². The summed E-state index contributed by atoms with van der Waals surface area (Å²) in [5.41, 5.74) is 6.95. The highest BCUT2D eigenvalue weighted by atomic mass is 16.2. The maximum atomic E-state index is 12.9. The first kappa shape index (κ1) is 16.6. The summed E-state index contributed by atoms with van der Waals surface area (Å²) in [7, 11) is 0. The van der Waals surface area contributed by atoms with E-state index >= 15 is 0 Å². The molecule has 5 nitrogen and oxygen atoms in total. The highest BCUT2D eigenvalue weighted by Gasteiger charge is 2.47. The summed E-state index contributed by atoms with van der Waals surface area (Å²) >= 11 is 0. The van der Waals surface area contributed by atoms with Crippen molar-refractivity contribution in [2.45, 2.75) is 50.6 Å². The molecule has 25 heavy (non-hydrogen) atoms. The molecule has 2 saturated carbocycles. The Balaban J connectivity index is 1.35. The monoisotopic (exact) mass is 341 g/mol. The molecule has 1 aromatic rings. The number of primary amides is 1. The predicted molar refractivity (Wildman–Crippen MR) is 96.2 cm³/mol. The molecule has 3 atom stereocenters. The lowest BCUT2D eigenvalue weighted by Gasteiger charge is -2.46. The van der Waals surface area contributed by atoms with E-state index in [2.05, 4.69) is 16.7 Å². The third kappa shape index (κ3) is 3.17. The molecule has 1 aromatic carbocycles. The first-order valence-electron chi connectivity index (χ1n) is 9.49. The van der Waals surface area contributed by atoms with E-state index in [0.29, 0.717) is 23.4 Å². The van der Waals surface area contributed by atoms with Gasteiger partial charge in [0.1, 0.15) is 0 Å². The van der Waals surface area contributed by atoms with E-state index in [0.717, 1.165) is 37.7 Å². The number of carbonyl (C=O) groups is 2. The Labute approximate surface area is 149 Å². The van der Waals surface area contributed by atoms with Gasteiger partial charge in [0.05, 0.1) is 0 Å². The number of rotatable bonds is 4. The maximum absolute atomic E-state index is 12.9. The summed E-state index contributed by atoms with van der Waals surface area (Å²) in [6.07, 6.45) is 4.93. The first-order chi connectivity index (χ1) is 12.0. The molecule has 134 valence electrons. The highest BCUT2D eigenvalue weighted by Crippen LogP contribution is 2.48. The van der Waals surface area contributed by atoms with Crippen LogP contribution in [0.3, 0.4) is 0 Å². The minimum absolute atomic E-state index is 0.108. The summed E-state index contributed by atoms with van der Waals surface area (Å²) in [6, 6.07) is 8.47. The van der Waals surface area contributed by atoms with Gasteiger partial charge in [0.2, 0.25) is 11.8 Å². The van der Waals surface area contributed by atoms with Gasteiger partial charge >= 0.3 is 0 Å². The molecule has 0 bridgehead atoms. The molecular formula is C20H27N3O2. The number of nitrogens with zero attached hydrogens (tertiary/aromatic N) is 2. The number of piperazine rings is 1. The predicted octanol–water partition coefficient (Wildman–Crippen LogP) is 1.97.